The van der Waals surface area contributed by atoms with Crippen LogP contribution in [-0.2, 0) is 20.9 Å². The number of benzene rings is 2. The van der Waals surface area contributed by atoms with Crippen LogP contribution in [0.1, 0.15) is 27.0 Å². The molecule has 8 heteroatoms. The summed E-state index contributed by atoms with van der Waals surface area (Å²) < 4.78 is 26.6. The van der Waals surface area contributed by atoms with E-state index in [4.69, 9.17) is 35.3 Å². The molecule has 4 rings (SSSR count). The number of halogens is 1. The Morgan fingerprint density at radius 1 is 1.28 bits per heavy atom. The molecule has 150 valence electrons. The molecule has 2 aromatic rings. The Morgan fingerprint density at radius 3 is 2.90 bits per heavy atom. The first-order chi connectivity index (χ1) is 14.0. The van der Waals surface area contributed by atoms with Gasteiger partial charge in [0.25, 0.3) is 0 Å². The number of Topliss-reactive ketones (excluding diaryl/α,β-unsaturated/α-hetero) is 1. The van der Waals surface area contributed by atoms with Crippen LogP contribution in [0.3, 0.4) is 0 Å². The maximum absolute atomic E-state index is 12.9. The van der Waals surface area contributed by atoms with E-state index in [0.717, 1.165) is 5.56 Å². The maximum atomic E-state index is 12.9. The lowest BCUT2D eigenvalue weighted by atomic mass is 10.0. The number of ether oxygens (including phenoxy) is 5. The number of carbonyl (C=O) groups is 2. The third kappa shape index (κ3) is 3.85. The summed E-state index contributed by atoms with van der Waals surface area (Å²) in [5.74, 6) is 0.513. The zero-order chi connectivity index (χ0) is 20.5. The van der Waals surface area contributed by atoms with Crippen molar-refractivity contribution < 1.29 is 33.3 Å². The van der Waals surface area contributed by atoms with Gasteiger partial charge in [0.2, 0.25) is 5.78 Å². The molecule has 2 heterocycles. The van der Waals surface area contributed by atoms with Gasteiger partial charge < -0.3 is 23.7 Å². The molecule has 0 saturated carbocycles. The minimum absolute atomic E-state index is 0.120. The molecule has 0 atom stereocenters. The van der Waals surface area contributed by atoms with Gasteiger partial charge in [0.15, 0.2) is 12.6 Å². The molecular weight excluding hydrogens is 400 g/mol. The van der Waals surface area contributed by atoms with Gasteiger partial charge in [-0.1, -0.05) is 11.6 Å². The number of hydrogen-bond acceptors (Lipinski definition) is 7. The van der Waals surface area contributed by atoms with E-state index in [2.05, 4.69) is 0 Å². The second-order valence-corrected chi connectivity index (χ2v) is 6.99. The molecule has 0 unspecified atom stereocenters. The number of aryl methyl sites for hydroxylation is 1. The first-order valence-electron chi connectivity index (χ1n) is 8.77. The van der Waals surface area contributed by atoms with Gasteiger partial charge in [-0.2, -0.15) is 0 Å². The Kier molecular flexibility index (Phi) is 5.27. The third-order valence-electron chi connectivity index (χ3n) is 4.43. The van der Waals surface area contributed by atoms with Crippen LogP contribution in [-0.4, -0.2) is 32.3 Å². The van der Waals surface area contributed by atoms with Crippen LogP contribution in [0.5, 0.6) is 17.2 Å². The van der Waals surface area contributed by atoms with E-state index in [-0.39, 0.29) is 30.7 Å². The van der Waals surface area contributed by atoms with Crippen LogP contribution in [0.25, 0.3) is 6.08 Å². The van der Waals surface area contributed by atoms with Crippen molar-refractivity contribution in [3.8, 4) is 17.2 Å². The summed E-state index contributed by atoms with van der Waals surface area (Å²) in [6.07, 6.45) is 1.59. The first-order valence-corrected chi connectivity index (χ1v) is 9.15. The molecule has 0 fully saturated rings. The highest BCUT2D eigenvalue weighted by Crippen LogP contribution is 2.39. The van der Waals surface area contributed by atoms with Crippen molar-refractivity contribution >= 4 is 29.4 Å². The molecule has 0 amide bonds. The number of hydrogen-bond donors (Lipinski definition) is 0. The second-order valence-electron chi connectivity index (χ2n) is 6.55. The molecule has 2 aromatic carbocycles. The van der Waals surface area contributed by atoms with Crippen molar-refractivity contribution in [1.29, 1.82) is 0 Å². The van der Waals surface area contributed by atoms with Crippen LogP contribution in [0.2, 0.25) is 5.02 Å². The fraction of sp³-hybridized carbons (Fsp3) is 0.238. The van der Waals surface area contributed by atoms with Crippen LogP contribution < -0.4 is 14.2 Å². The highest BCUT2D eigenvalue weighted by molar-refractivity contribution is 6.31. The van der Waals surface area contributed by atoms with Crippen molar-refractivity contribution in [2.75, 3.05) is 20.5 Å². The zero-order valence-corrected chi connectivity index (χ0v) is 16.5. The van der Waals surface area contributed by atoms with E-state index in [9.17, 15) is 9.59 Å². The highest BCUT2D eigenvalue weighted by atomic mass is 35.5. The van der Waals surface area contributed by atoms with Gasteiger partial charge in [-0.25, -0.2) is 4.79 Å². The number of fused-ring (bicyclic) bond motifs is 2. The summed E-state index contributed by atoms with van der Waals surface area (Å²) in [5.41, 5.74) is 2.47. The van der Waals surface area contributed by atoms with Crippen LogP contribution in [0.15, 0.2) is 30.0 Å². The molecule has 2 aliphatic rings. The number of esters is 1. The van der Waals surface area contributed by atoms with Crippen LogP contribution in [0, 0.1) is 6.92 Å². The van der Waals surface area contributed by atoms with E-state index in [0.29, 0.717) is 39.8 Å². The second kappa shape index (κ2) is 7.87. The Morgan fingerprint density at radius 2 is 2.10 bits per heavy atom. The largest absolute Gasteiger partial charge is 0.467 e. The van der Waals surface area contributed by atoms with Gasteiger partial charge in [-0.05, 0) is 36.8 Å². The Bertz CT molecular complexity index is 1040. The third-order valence-corrected chi connectivity index (χ3v) is 4.65. The smallest absolute Gasteiger partial charge is 0.337 e. The summed E-state index contributed by atoms with van der Waals surface area (Å²) in [5, 5.41) is 0.496. The summed E-state index contributed by atoms with van der Waals surface area (Å²) in [4.78, 5) is 24.6. The summed E-state index contributed by atoms with van der Waals surface area (Å²) >= 11 is 6.19. The lowest BCUT2D eigenvalue weighted by Crippen LogP contribution is -2.14. The van der Waals surface area contributed by atoms with Crippen LogP contribution in [0.4, 0.5) is 0 Å². The number of rotatable bonds is 4. The van der Waals surface area contributed by atoms with Crippen molar-refractivity contribution in [2.45, 2.75) is 13.5 Å². The minimum Gasteiger partial charge on any atom is -0.467 e. The fourth-order valence-electron chi connectivity index (χ4n) is 3.27. The van der Waals surface area contributed by atoms with E-state index in [1.54, 1.807) is 31.2 Å². The van der Waals surface area contributed by atoms with E-state index in [1.807, 2.05) is 0 Å². The minimum atomic E-state index is -0.545. The molecule has 7 nitrogen and oxygen atoms in total. The summed E-state index contributed by atoms with van der Waals surface area (Å²) in [6.45, 7) is 2.06. The van der Waals surface area contributed by atoms with Crippen molar-refractivity contribution in [2.24, 2.45) is 0 Å². The Balaban J connectivity index is 1.68. The molecule has 0 radical (unpaired) electrons. The molecule has 0 spiro atoms. The Hall–Kier alpha value is -2.87. The van der Waals surface area contributed by atoms with Gasteiger partial charge in [0.1, 0.15) is 23.9 Å². The molecule has 0 aromatic heterocycles. The summed E-state index contributed by atoms with van der Waals surface area (Å²) in [6, 6.07) is 6.57. The molecule has 29 heavy (non-hydrogen) atoms. The van der Waals surface area contributed by atoms with Gasteiger partial charge >= 0.3 is 5.97 Å². The average Bonchev–Trinajstić information content (AvgIpc) is 2.97. The average molecular weight is 417 g/mol. The molecule has 2 aliphatic heterocycles. The Labute approximate surface area is 171 Å². The van der Waals surface area contributed by atoms with Crippen molar-refractivity contribution in [3.63, 3.8) is 0 Å². The monoisotopic (exact) mass is 416 g/mol. The lowest BCUT2D eigenvalue weighted by Gasteiger charge is -2.20. The normalized spacial score (nSPS) is 16.1. The highest BCUT2D eigenvalue weighted by Gasteiger charge is 2.31. The topological polar surface area (TPSA) is 80.3 Å². The van der Waals surface area contributed by atoms with Crippen molar-refractivity contribution in [1.82, 2.24) is 0 Å². The number of ketones is 1. The number of carbonyl (C=O) groups excluding carboxylic acids is 2. The zero-order valence-electron chi connectivity index (χ0n) is 15.7. The number of methoxy groups -OCH3 is 1. The lowest BCUT2D eigenvalue weighted by molar-refractivity contribution is -0.138. The molecule has 0 saturated heterocycles. The standard InChI is InChI=1S/C21H17ClO7/c1-11-3-15(28-18(23)9-25-2)7-16-19(11)20(24)17(29-16)6-12-4-14(22)5-13-8-26-10-27-21(12)13/h3-7H,8-10H2,1-2H3/b17-6-. The van der Waals surface area contributed by atoms with Gasteiger partial charge in [-0.15, -0.1) is 0 Å². The summed E-state index contributed by atoms with van der Waals surface area (Å²) in [7, 11) is 1.40. The van der Waals surface area contributed by atoms with Gasteiger partial charge in [0.05, 0.1) is 12.2 Å². The van der Waals surface area contributed by atoms with E-state index in [1.165, 1.54) is 13.2 Å². The predicted molar refractivity (Wildman–Crippen MR) is 103 cm³/mol. The quantitative estimate of drug-likeness (QED) is 0.427. The molecule has 0 aliphatic carbocycles. The fourth-order valence-corrected chi connectivity index (χ4v) is 3.52. The van der Waals surface area contributed by atoms with Crippen molar-refractivity contribution in [3.05, 3.63) is 57.3 Å². The first kappa shape index (κ1) is 19.4. The maximum Gasteiger partial charge on any atom is 0.337 e. The molecule has 0 bridgehead atoms. The van der Waals surface area contributed by atoms with E-state index < -0.39 is 5.97 Å². The predicted octanol–water partition coefficient (Wildman–Crippen LogP) is 3.68. The molecular formula is C21H17ClO7. The molecule has 0 N–H and O–H groups in total. The number of allylic oxidation sites excluding steroid dienone is 1. The van der Waals surface area contributed by atoms with E-state index >= 15 is 0 Å². The van der Waals surface area contributed by atoms with Gasteiger partial charge in [0, 0.05) is 29.3 Å². The van der Waals surface area contributed by atoms with Gasteiger partial charge in [-0.3, -0.25) is 4.79 Å². The SMILES string of the molecule is COCC(=O)Oc1cc(C)c2c(c1)O/C(=C\c1cc(Cl)cc3c1OCOC3)C2=O. The van der Waals surface area contributed by atoms with Crippen LogP contribution >= 0.6 is 11.6 Å².